The average Bonchev–Trinajstić information content (AvgIpc) is 2.73. The number of anilines is 1. The normalized spacial score (nSPS) is 11.1. The molecule has 0 unspecified atom stereocenters. The lowest BCUT2D eigenvalue weighted by Crippen LogP contribution is -2.16. The molecule has 0 saturated carbocycles. The first kappa shape index (κ1) is 15.3. The molecule has 2 N–H and O–H groups in total. The zero-order chi connectivity index (χ0) is 15.6. The van der Waals surface area contributed by atoms with Gasteiger partial charge in [-0.3, -0.25) is 9.82 Å². The van der Waals surface area contributed by atoms with Gasteiger partial charge in [0.25, 0.3) is 0 Å². The number of H-pyrrole nitrogens is 1. The third-order valence-corrected chi connectivity index (χ3v) is 4.18. The molecule has 0 spiro atoms. The SMILES string of the molecule is Cc1[nH]nc(NS(=O)(=O)Cc2ccc(Cl)c(F)c2)c1C#N. The molecule has 0 radical (unpaired) electrons. The van der Waals surface area contributed by atoms with Crippen molar-refractivity contribution >= 4 is 27.4 Å². The molecule has 1 aromatic heterocycles. The lowest BCUT2D eigenvalue weighted by Gasteiger charge is -2.06. The monoisotopic (exact) mass is 328 g/mol. The Morgan fingerprint density at radius 1 is 1.52 bits per heavy atom. The molecular weight excluding hydrogens is 319 g/mol. The predicted molar refractivity (Wildman–Crippen MR) is 75.7 cm³/mol. The summed E-state index contributed by atoms with van der Waals surface area (Å²) in [6, 6.07) is 5.58. The summed E-state index contributed by atoms with van der Waals surface area (Å²) in [4.78, 5) is 0. The number of nitrogens with one attached hydrogen (secondary N) is 2. The van der Waals surface area contributed by atoms with E-state index in [1.807, 2.05) is 6.07 Å². The molecule has 0 aliphatic rings. The van der Waals surface area contributed by atoms with Crippen LogP contribution in [0.15, 0.2) is 18.2 Å². The van der Waals surface area contributed by atoms with Gasteiger partial charge in [-0.15, -0.1) is 0 Å². The zero-order valence-corrected chi connectivity index (χ0v) is 12.4. The Labute approximate surface area is 125 Å². The van der Waals surface area contributed by atoms with E-state index in [0.717, 1.165) is 6.07 Å². The average molecular weight is 329 g/mol. The summed E-state index contributed by atoms with van der Waals surface area (Å²) in [6.45, 7) is 1.60. The van der Waals surface area contributed by atoms with Crippen LogP contribution in [0, 0.1) is 24.1 Å². The Hall–Kier alpha value is -2.11. The van der Waals surface area contributed by atoms with Crippen LogP contribution in [0.3, 0.4) is 0 Å². The molecule has 9 heteroatoms. The van der Waals surface area contributed by atoms with Crippen molar-refractivity contribution < 1.29 is 12.8 Å². The van der Waals surface area contributed by atoms with E-state index in [-0.39, 0.29) is 22.0 Å². The lowest BCUT2D eigenvalue weighted by molar-refractivity contribution is 0.599. The molecule has 1 heterocycles. The van der Waals surface area contributed by atoms with Crippen molar-refractivity contribution in [3.05, 3.63) is 45.9 Å². The second-order valence-electron chi connectivity index (χ2n) is 4.29. The fourth-order valence-corrected chi connectivity index (χ4v) is 2.92. The number of nitriles is 1. The highest BCUT2D eigenvalue weighted by molar-refractivity contribution is 7.91. The predicted octanol–water partition coefficient (Wildman–Crippen LogP) is 2.32. The van der Waals surface area contributed by atoms with Crippen molar-refractivity contribution in [2.75, 3.05) is 4.72 Å². The molecule has 0 atom stereocenters. The number of hydrogen-bond acceptors (Lipinski definition) is 4. The largest absolute Gasteiger partial charge is 0.279 e. The number of benzene rings is 1. The van der Waals surface area contributed by atoms with Crippen molar-refractivity contribution in [3.8, 4) is 6.07 Å². The molecule has 0 bridgehead atoms. The molecule has 21 heavy (non-hydrogen) atoms. The van der Waals surface area contributed by atoms with E-state index in [9.17, 15) is 12.8 Å². The van der Waals surface area contributed by atoms with E-state index >= 15 is 0 Å². The number of halogens is 2. The van der Waals surface area contributed by atoms with Crippen molar-refractivity contribution in [2.24, 2.45) is 0 Å². The third-order valence-electron chi connectivity index (χ3n) is 2.65. The van der Waals surface area contributed by atoms with Gasteiger partial charge in [-0.1, -0.05) is 17.7 Å². The first-order valence-corrected chi connectivity index (χ1v) is 7.75. The molecule has 0 fully saturated rings. The van der Waals surface area contributed by atoms with Gasteiger partial charge in [-0.2, -0.15) is 10.4 Å². The van der Waals surface area contributed by atoms with E-state index in [1.54, 1.807) is 6.92 Å². The van der Waals surface area contributed by atoms with Gasteiger partial charge in [-0.05, 0) is 24.6 Å². The Balaban J connectivity index is 2.23. The van der Waals surface area contributed by atoms with Gasteiger partial charge in [0.15, 0.2) is 5.82 Å². The van der Waals surface area contributed by atoms with Crippen LogP contribution in [0.4, 0.5) is 10.2 Å². The number of nitrogens with zero attached hydrogens (tertiary/aromatic N) is 2. The smallest absolute Gasteiger partial charge is 0.238 e. The summed E-state index contributed by atoms with van der Waals surface area (Å²) in [7, 11) is -3.83. The van der Waals surface area contributed by atoms with E-state index in [2.05, 4.69) is 14.9 Å². The molecule has 6 nitrogen and oxygen atoms in total. The third kappa shape index (κ3) is 3.51. The summed E-state index contributed by atoms with van der Waals surface area (Å²) in [6.07, 6.45) is 0. The van der Waals surface area contributed by atoms with Crippen LogP contribution >= 0.6 is 11.6 Å². The van der Waals surface area contributed by atoms with Crippen molar-refractivity contribution in [3.63, 3.8) is 0 Å². The van der Waals surface area contributed by atoms with Crippen LogP contribution in [0.25, 0.3) is 0 Å². The highest BCUT2D eigenvalue weighted by Gasteiger charge is 2.18. The Bertz CT molecular complexity index is 826. The van der Waals surface area contributed by atoms with Crippen LogP contribution in [0.5, 0.6) is 0 Å². The van der Waals surface area contributed by atoms with Gasteiger partial charge in [0, 0.05) is 0 Å². The van der Waals surface area contributed by atoms with E-state index < -0.39 is 21.6 Å². The summed E-state index contributed by atoms with van der Waals surface area (Å²) < 4.78 is 39.5. The summed E-state index contributed by atoms with van der Waals surface area (Å²) >= 11 is 5.53. The maximum atomic E-state index is 13.3. The van der Waals surface area contributed by atoms with Crippen LogP contribution in [-0.4, -0.2) is 18.6 Å². The van der Waals surface area contributed by atoms with Crippen molar-refractivity contribution in [2.45, 2.75) is 12.7 Å². The number of aromatic nitrogens is 2. The topological polar surface area (TPSA) is 98.6 Å². The van der Waals surface area contributed by atoms with Crippen LogP contribution in [0.1, 0.15) is 16.8 Å². The van der Waals surface area contributed by atoms with Gasteiger partial charge < -0.3 is 0 Å². The first-order chi connectivity index (χ1) is 9.82. The van der Waals surface area contributed by atoms with E-state index in [4.69, 9.17) is 16.9 Å². The highest BCUT2D eigenvalue weighted by atomic mass is 35.5. The van der Waals surface area contributed by atoms with Gasteiger partial charge in [-0.25, -0.2) is 12.8 Å². The molecule has 0 aliphatic heterocycles. The molecule has 110 valence electrons. The van der Waals surface area contributed by atoms with Crippen LogP contribution in [0.2, 0.25) is 5.02 Å². The van der Waals surface area contributed by atoms with E-state index in [1.165, 1.54) is 12.1 Å². The maximum Gasteiger partial charge on any atom is 0.238 e. The maximum absolute atomic E-state index is 13.3. The summed E-state index contributed by atoms with van der Waals surface area (Å²) in [5, 5.41) is 15.1. The molecule has 0 saturated heterocycles. The Morgan fingerprint density at radius 2 is 2.24 bits per heavy atom. The number of hydrogen-bond donors (Lipinski definition) is 2. The molecule has 0 aliphatic carbocycles. The van der Waals surface area contributed by atoms with Gasteiger partial charge in [0.05, 0.1) is 16.5 Å². The minimum atomic E-state index is -3.83. The lowest BCUT2D eigenvalue weighted by atomic mass is 10.2. The minimum Gasteiger partial charge on any atom is -0.279 e. The Kier molecular flexibility index (Phi) is 4.16. The minimum absolute atomic E-state index is 0.0792. The number of rotatable bonds is 4. The molecule has 1 aromatic carbocycles. The molecule has 0 amide bonds. The quantitative estimate of drug-likeness (QED) is 0.899. The van der Waals surface area contributed by atoms with Gasteiger partial charge in [0.1, 0.15) is 17.4 Å². The molecular formula is C12H10ClFN4O2S. The zero-order valence-electron chi connectivity index (χ0n) is 10.8. The standard InChI is InChI=1S/C12H10ClFN4O2S/c1-7-9(5-15)12(17-16-7)18-21(19,20)6-8-2-3-10(13)11(14)4-8/h2-4H,6H2,1H3,(H2,16,17,18). The second kappa shape index (κ2) is 5.71. The number of sulfonamides is 1. The van der Waals surface area contributed by atoms with Gasteiger partial charge >= 0.3 is 0 Å². The number of aromatic amines is 1. The number of aryl methyl sites for hydroxylation is 1. The van der Waals surface area contributed by atoms with Gasteiger partial charge in [0.2, 0.25) is 10.0 Å². The fraction of sp³-hybridized carbons (Fsp3) is 0.167. The Morgan fingerprint density at radius 3 is 2.86 bits per heavy atom. The highest BCUT2D eigenvalue weighted by Crippen LogP contribution is 2.20. The van der Waals surface area contributed by atoms with Crippen LogP contribution < -0.4 is 4.72 Å². The summed E-state index contributed by atoms with van der Waals surface area (Å²) in [5.74, 6) is -1.24. The first-order valence-electron chi connectivity index (χ1n) is 5.72. The fourth-order valence-electron chi connectivity index (χ4n) is 1.67. The van der Waals surface area contributed by atoms with E-state index in [0.29, 0.717) is 5.69 Å². The summed E-state index contributed by atoms with van der Waals surface area (Å²) in [5.41, 5.74) is 0.795. The molecule has 2 rings (SSSR count). The van der Waals surface area contributed by atoms with Crippen molar-refractivity contribution in [1.82, 2.24) is 10.2 Å². The van der Waals surface area contributed by atoms with Crippen LogP contribution in [-0.2, 0) is 15.8 Å². The second-order valence-corrected chi connectivity index (χ2v) is 6.42. The molecule has 2 aromatic rings. The van der Waals surface area contributed by atoms with Crippen molar-refractivity contribution in [1.29, 1.82) is 5.26 Å².